The van der Waals surface area contributed by atoms with Gasteiger partial charge in [0.2, 0.25) is 5.91 Å². The number of aryl methyl sites for hydroxylation is 1. The zero-order valence-corrected chi connectivity index (χ0v) is 20.8. The number of halogens is 1. The summed E-state index contributed by atoms with van der Waals surface area (Å²) in [5.41, 5.74) is 6.16. The van der Waals surface area contributed by atoms with Gasteiger partial charge >= 0.3 is 0 Å². The molecule has 0 radical (unpaired) electrons. The molecule has 3 aromatic rings. The summed E-state index contributed by atoms with van der Waals surface area (Å²) < 4.78 is 7.42. The molecular weight excluding hydrogens is 448 g/mol. The number of carbonyl (C=O) groups is 1. The number of ether oxygens (including phenoxy) is 1. The van der Waals surface area contributed by atoms with Crippen molar-refractivity contribution in [2.24, 2.45) is 0 Å². The molecule has 4 rings (SSSR count). The first kappa shape index (κ1) is 24.0. The number of benzene rings is 2. The van der Waals surface area contributed by atoms with E-state index in [2.05, 4.69) is 22.1 Å². The highest BCUT2D eigenvalue weighted by molar-refractivity contribution is 6.31. The van der Waals surface area contributed by atoms with Crippen molar-refractivity contribution in [1.82, 2.24) is 14.7 Å². The molecule has 0 spiro atoms. The van der Waals surface area contributed by atoms with E-state index in [0.717, 1.165) is 59.4 Å². The third-order valence-electron chi connectivity index (χ3n) is 6.24. The quantitative estimate of drug-likeness (QED) is 0.461. The number of amides is 1. The lowest BCUT2D eigenvalue weighted by molar-refractivity contribution is -0.125. The molecule has 1 aliphatic rings. The van der Waals surface area contributed by atoms with E-state index in [1.807, 2.05) is 68.1 Å². The molecule has 178 valence electrons. The fourth-order valence-corrected chi connectivity index (χ4v) is 4.46. The Kier molecular flexibility index (Phi) is 7.70. The van der Waals surface area contributed by atoms with Crippen LogP contribution in [0.1, 0.15) is 28.1 Å². The van der Waals surface area contributed by atoms with Crippen molar-refractivity contribution in [3.63, 3.8) is 0 Å². The highest BCUT2D eigenvalue weighted by atomic mass is 35.5. The summed E-state index contributed by atoms with van der Waals surface area (Å²) in [5, 5.41) is 5.39. The first-order valence-corrected chi connectivity index (χ1v) is 11.9. The smallest absolute Gasteiger partial charge is 0.246 e. The van der Waals surface area contributed by atoms with Crippen LogP contribution in [0.5, 0.6) is 0 Å². The molecule has 1 aromatic heterocycles. The predicted octanol–water partition coefficient (Wildman–Crippen LogP) is 4.71. The van der Waals surface area contributed by atoms with Crippen LogP contribution in [0.4, 0.5) is 5.69 Å². The van der Waals surface area contributed by atoms with E-state index in [9.17, 15) is 4.79 Å². The minimum atomic E-state index is -0.0468. The van der Waals surface area contributed by atoms with Gasteiger partial charge in [0.1, 0.15) is 0 Å². The van der Waals surface area contributed by atoms with Crippen molar-refractivity contribution in [3.05, 3.63) is 87.7 Å². The number of hydrogen-bond acceptors (Lipinski definition) is 4. The van der Waals surface area contributed by atoms with Gasteiger partial charge in [-0.3, -0.25) is 9.48 Å². The van der Waals surface area contributed by atoms with Gasteiger partial charge < -0.3 is 14.5 Å². The minimum absolute atomic E-state index is 0.0468. The van der Waals surface area contributed by atoms with E-state index in [0.29, 0.717) is 13.1 Å². The standard InChI is InChI=1S/C27H31ClN4O2/c1-20-24(21(2)32(29-20)19-22-8-4-6-10-25(22)28)12-13-27(33)30(3)18-23-9-5-7-11-26(23)31-14-16-34-17-15-31/h4-13H,14-19H2,1-3H3/b13-12+. The molecular formula is C27H31ClN4O2. The number of nitrogens with zero attached hydrogens (tertiary/aromatic N) is 4. The zero-order chi connectivity index (χ0) is 24.1. The van der Waals surface area contributed by atoms with Crippen molar-refractivity contribution in [1.29, 1.82) is 0 Å². The van der Waals surface area contributed by atoms with Crippen molar-refractivity contribution >= 4 is 29.3 Å². The molecule has 0 N–H and O–H groups in total. The summed E-state index contributed by atoms with van der Waals surface area (Å²) in [7, 11) is 1.84. The molecule has 0 atom stereocenters. The van der Waals surface area contributed by atoms with Gasteiger partial charge in [-0.05, 0) is 43.2 Å². The average Bonchev–Trinajstić information content (AvgIpc) is 3.11. The van der Waals surface area contributed by atoms with Crippen LogP contribution in [-0.4, -0.2) is 53.9 Å². The monoisotopic (exact) mass is 478 g/mol. The molecule has 0 aliphatic carbocycles. The summed E-state index contributed by atoms with van der Waals surface area (Å²) in [6.07, 6.45) is 3.50. The van der Waals surface area contributed by atoms with Gasteiger partial charge in [0, 0.05) is 54.7 Å². The Morgan fingerprint density at radius 2 is 1.76 bits per heavy atom. The number of anilines is 1. The van der Waals surface area contributed by atoms with E-state index in [4.69, 9.17) is 16.3 Å². The summed E-state index contributed by atoms with van der Waals surface area (Å²) in [5.74, 6) is -0.0468. The Bertz CT molecular complexity index is 1180. The van der Waals surface area contributed by atoms with Crippen molar-refractivity contribution < 1.29 is 9.53 Å². The summed E-state index contributed by atoms with van der Waals surface area (Å²) in [6, 6.07) is 16.0. The normalized spacial score (nSPS) is 14.1. The molecule has 2 aromatic carbocycles. The Morgan fingerprint density at radius 3 is 2.50 bits per heavy atom. The third kappa shape index (κ3) is 5.51. The van der Waals surface area contributed by atoms with Crippen LogP contribution in [0.2, 0.25) is 5.02 Å². The molecule has 34 heavy (non-hydrogen) atoms. The maximum Gasteiger partial charge on any atom is 0.246 e. The molecule has 0 unspecified atom stereocenters. The summed E-state index contributed by atoms with van der Waals surface area (Å²) in [6.45, 7) is 8.30. The first-order valence-electron chi connectivity index (χ1n) is 11.5. The number of aromatic nitrogens is 2. The molecule has 0 bridgehead atoms. The first-order chi connectivity index (χ1) is 16.4. The Labute approximate surface area is 206 Å². The molecule has 6 nitrogen and oxygen atoms in total. The Morgan fingerprint density at radius 1 is 1.09 bits per heavy atom. The van der Waals surface area contributed by atoms with Crippen molar-refractivity contribution in [2.75, 3.05) is 38.3 Å². The lowest BCUT2D eigenvalue weighted by Gasteiger charge is -2.31. The minimum Gasteiger partial charge on any atom is -0.378 e. The zero-order valence-electron chi connectivity index (χ0n) is 20.0. The molecule has 7 heteroatoms. The van der Waals surface area contributed by atoms with Crippen LogP contribution < -0.4 is 4.90 Å². The van der Waals surface area contributed by atoms with Gasteiger partial charge in [-0.25, -0.2) is 0 Å². The van der Waals surface area contributed by atoms with Crippen LogP contribution in [0.15, 0.2) is 54.6 Å². The van der Waals surface area contributed by atoms with Gasteiger partial charge in [-0.2, -0.15) is 5.10 Å². The van der Waals surface area contributed by atoms with E-state index in [1.165, 1.54) is 5.69 Å². The van der Waals surface area contributed by atoms with Crippen LogP contribution in [0.3, 0.4) is 0 Å². The van der Waals surface area contributed by atoms with Gasteiger partial charge in [-0.15, -0.1) is 0 Å². The number of morpholine rings is 1. The van der Waals surface area contributed by atoms with E-state index >= 15 is 0 Å². The van der Waals surface area contributed by atoms with Crippen molar-refractivity contribution in [2.45, 2.75) is 26.9 Å². The fourth-order valence-electron chi connectivity index (χ4n) is 4.27. The van der Waals surface area contributed by atoms with E-state index in [1.54, 1.807) is 11.0 Å². The van der Waals surface area contributed by atoms with Crippen LogP contribution in [0, 0.1) is 13.8 Å². The number of rotatable bonds is 7. The molecule has 1 amide bonds. The maximum atomic E-state index is 12.9. The van der Waals surface area contributed by atoms with Gasteiger partial charge in [0.25, 0.3) is 0 Å². The largest absolute Gasteiger partial charge is 0.378 e. The summed E-state index contributed by atoms with van der Waals surface area (Å²) >= 11 is 6.32. The second-order valence-corrected chi connectivity index (χ2v) is 9.00. The number of likely N-dealkylation sites (N-methyl/N-ethyl adjacent to an activating group) is 1. The highest BCUT2D eigenvalue weighted by Crippen LogP contribution is 2.23. The van der Waals surface area contributed by atoms with Gasteiger partial charge in [0.05, 0.1) is 25.5 Å². The molecule has 1 aliphatic heterocycles. The fraction of sp³-hybridized carbons (Fsp3) is 0.333. The number of carbonyl (C=O) groups excluding carboxylic acids is 1. The second-order valence-electron chi connectivity index (χ2n) is 8.59. The second kappa shape index (κ2) is 10.9. The van der Waals surface area contributed by atoms with Gasteiger partial charge in [0.15, 0.2) is 0 Å². The van der Waals surface area contributed by atoms with Crippen LogP contribution >= 0.6 is 11.6 Å². The van der Waals surface area contributed by atoms with Crippen molar-refractivity contribution in [3.8, 4) is 0 Å². The molecule has 1 fully saturated rings. The topological polar surface area (TPSA) is 50.6 Å². The molecule has 1 saturated heterocycles. The SMILES string of the molecule is Cc1nn(Cc2ccccc2Cl)c(C)c1/C=C/C(=O)N(C)Cc1ccccc1N1CCOCC1. The number of para-hydroxylation sites is 1. The maximum absolute atomic E-state index is 12.9. The van der Waals surface area contributed by atoms with E-state index in [-0.39, 0.29) is 5.91 Å². The number of hydrogen-bond donors (Lipinski definition) is 0. The lowest BCUT2D eigenvalue weighted by Crippen LogP contribution is -2.37. The lowest BCUT2D eigenvalue weighted by atomic mass is 10.1. The Hall–Kier alpha value is -3.09. The highest BCUT2D eigenvalue weighted by Gasteiger charge is 2.17. The predicted molar refractivity (Wildman–Crippen MR) is 137 cm³/mol. The average molecular weight is 479 g/mol. The molecule has 0 saturated carbocycles. The molecule has 2 heterocycles. The Balaban J connectivity index is 1.45. The van der Waals surface area contributed by atoms with E-state index < -0.39 is 0 Å². The summed E-state index contributed by atoms with van der Waals surface area (Å²) in [4.78, 5) is 17.0. The van der Waals surface area contributed by atoms with Gasteiger partial charge in [-0.1, -0.05) is 48.0 Å². The van der Waals surface area contributed by atoms with Crippen LogP contribution in [-0.2, 0) is 22.6 Å². The van der Waals surface area contributed by atoms with Crippen LogP contribution in [0.25, 0.3) is 6.08 Å². The third-order valence-corrected chi connectivity index (χ3v) is 6.60.